The average Bonchev–Trinajstić information content (AvgIpc) is 2.72. The van der Waals surface area contributed by atoms with Crippen molar-refractivity contribution >= 4 is 29.5 Å². The maximum Gasteiger partial charge on any atom is 0.245 e. The van der Waals surface area contributed by atoms with Crippen molar-refractivity contribution in [3.05, 3.63) is 71.8 Å². The number of nitrogens with one attached hydrogen (secondary N) is 2. The molecule has 1 unspecified atom stereocenters. The second-order valence-corrected chi connectivity index (χ2v) is 6.73. The fourth-order valence-electron chi connectivity index (χ4n) is 2.82. The molecular formula is C23H27N3O3. The smallest absolute Gasteiger partial charge is 0.245 e. The first-order valence-electron chi connectivity index (χ1n) is 9.57. The van der Waals surface area contributed by atoms with Crippen LogP contribution in [-0.4, -0.2) is 42.3 Å². The van der Waals surface area contributed by atoms with Gasteiger partial charge in [-0.05, 0) is 36.6 Å². The molecule has 0 saturated carbocycles. The Morgan fingerprint density at radius 1 is 1.03 bits per heavy atom. The number of carbonyl (C=O) groups is 3. The quantitative estimate of drug-likeness (QED) is 0.677. The third kappa shape index (κ3) is 6.92. The number of carbonyl (C=O) groups excluding carboxylic acids is 3. The molecule has 6 nitrogen and oxygen atoms in total. The van der Waals surface area contributed by atoms with Crippen LogP contribution in [0.15, 0.2) is 60.7 Å². The standard InChI is InChI=1S/C23H27N3O3/c1-4-19-12-8-9-13-20(19)25-22(28)16-26(3)23(29)17(2)24-21(27)15-14-18-10-6-5-7-11-18/h5-15,17H,4,16H2,1-3H3,(H,24,27)(H,25,28)/b15-14+. The third-order valence-electron chi connectivity index (χ3n) is 4.39. The molecule has 0 spiro atoms. The van der Waals surface area contributed by atoms with Crippen LogP contribution in [0.2, 0.25) is 0 Å². The van der Waals surface area contributed by atoms with Gasteiger partial charge in [0.1, 0.15) is 6.04 Å². The molecule has 0 aliphatic rings. The first kappa shape index (κ1) is 21.9. The van der Waals surface area contributed by atoms with Crippen molar-refractivity contribution in [3.63, 3.8) is 0 Å². The van der Waals surface area contributed by atoms with Gasteiger partial charge in [-0.15, -0.1) is 0 Å². The van der Waals surface area contributed by atoms with Crippen molar-refractivity contribution in [2.45, 2.75) is 26.3 Å². The summed E-state index contributed by atoms with van der Waals surface area (Å²) in [4.78, 5) is 38.1. The number of anilines is 1. The Morgan fingerprint density at radius 3 is 2.38 bits per heavy atom. The maximum atomic E-state index is 12.5. The lowest BCUT2D eigenvalue weighted by Crippen LogP contribution is -2.47. The first-order valence-corrected chi connectivity index (χ1v) is 9.57. The largest absolute Gasteiger partial charge is 0.341 e. The summed E-state index contributed by atoms with van der Waals surface area (Å²) < 4.78 is 0. The molecule has 0 aromatic heterocycles. The van der Waals surface area contributed by atoms with Gasteiger partial charge < -0.3 is 15.5 Å². The second kappa shape index (κ2) is 10.8. The van der Waals surface area contributed by atoms with Gasteiger partial charge in [0.15, 0.2) is 0 Å². The van der Waals surface area contributed by atoms with Gasteiger partial charge in [-0.1, -0.05) is 55.5 Å². The molecule has 2 aromatic rings. The zero-order valence-corrected chi connectivity index (χ0v) is 17.0. The summed E-state index contributed by atoms with van der Waals surface area (Å²) in [6.45, 7) is 3.51. The Bertz CT molecular complexity index is 878. The number of para-hydroxylation sites is 1. The number of rotatable bonds is 8. The van der Waals surface area contributed by atoms with Gasteiger partial charge in [-0.3, -0.25) is 14.4 Å². The molecule has 2 aromatic carbocycles. The molecule has 6 heteroatoms. The topological polar surface area (TPSA) is 78.5 Å². The predicted molar refractivity (Wildman–Crippen MR) is 115 cm³/mol. The Hall–Kier alpha value is -3.41. The fraction of sp³-hybridized carbons (Fsp3) is 0.261. The van der Waals surface area contributed by atoms with Gasteiger partial charge in [0, 0.05) is 18.8 Å². The zero-order chi connectivity index (χ0) is 21.2. The predicted octanol–water partition coefficient (Wildman–Crippen LogP) is 2.86. The molecule has 152 valence electrons. The van der Waals surface area contributed by atoms with Gasteiger partial charge in [-0.25, -0.2) is 0 Å². The van der Waals surface area contributed by atoms with Crippen LogP contribution in [0.3, 0.4) is 0 Å². The second-order valence-electron chi connectivity index (χ2n) is 6.73. The van der Waals surface area contributed by atoms with Gasteiger partial charge in [0.25, 0.3) is 0 Å². The number of amides is 3. The monoisotopic (exact) mass is 393 g/mol. The van der Waals surface area contributed by atoms with E-state index in [4.69, 9.17) is 0 Å². The highest BCUT2D eigenvalue weighted by molar-refractivity contribution is 5.98. The summed E-state index contributed by atoms with van der Waals surface area (Å²) in [6.07, 6.45) is 3.85. The SMILES string of the molecule is CCc1ccccc1NC(=O)CN(C)C(=O)C(C)NC(=O)/C=C/c1ccccc1. The summed E-state index contributed by atoms with van der Waals surface area (Å²) in [5.41, 5.74) is 2.66. The lowest BCUT2D eigenvalue weighted by Gasteiger charge is -2.21. The minimum atomic E-state index is -0.747. The van der Waals surface area contributed by atoms with Crippen LogP contribution >= 0.6 is 0 Å². The molecule has 2 N–H and O–H groups in total. The summed E-state index contributed by atoms with van der Waals surface area (Å²) in [6, 6.07) is 16.2. The van der Waals surface area contributed by atoms with Crippen molar-refractivity contribution in [1.82, 2.24) is 10.2 Å². The number of likely N-dealkylation sites (N-methyl/N-ethyl adjacent to an activating group) is 1. The fourth-order valence-corrected chi connectivity index (χ4v) is 2.82. The van der Waals surface area contributed by atoms with E-state index in [1.54, 1.807) is 13.0 Å². The van der Waals surface area contributed by atoms with Gasteiger partial charge in [0.05, 0.1) is 6.54 Å². The molecular weight excluding hydrogens is 366 g/mol. The lowest BCUT2D eigenvalue weighted by atomic mass is 10.1. The number of hydrogen-bond acceptors (Lipinski definition) is 3. The van der Waals surface area contributed by atoms with Crippen molar-refractivity contribution in [3.8, 4) is 0 Å². The number of aryl methyl sites for hydroxylation is 1. The highest BCUT2D eigenvalue weighted by atomic mass is 16.2. The minimum Gasteiger partial charge on any atom is -0.341 e. The Kier molecular flexibility index (Phi) is 8.15. The lowest BCUT2D eigenvalue weighted by molar-refractivity contribution is -0.136. The molecule has 0 aliphatic carbocycles. The van der Waals surface area contributed by atoms with E-state index in [-0.39, 0.29) is 24.3 Å². The average molecular weight is 393 g/mol. The molecule has 2 rings (SSSR count). The summed E-state index contributed by atoms with van der Waals surface area (Å²) in [5, 5.41) is 5.46. The molecule has 0 heterocycles. The molecule has 1 atom stereocenters. The number of benzene rings is 2. The Morgan fingerprint density at radius 2 is 1.69 bits per heavy atom. The molecule has 0 radical (unpaired) electrons. The summed E-state index contributed by atoms with van der Waals surface area (Å²) >= 11 is 0. The Balaban J connectivity index is 1.85. The van der Waals surface area contributed by atoms with Crippen LogP contribution in [0, 0.1) is 0 Å². The molecule has 0 saturated heterocycles. The van der Waals surface area contributed by atoms with Crippen molar-refractivity contribution in [2.24, 2.45) is 0 Å². The van der Waals surface area contributed by atoms with Crippen LogP contribution in [0.5, 0.6) is 0 Å². The summed E-state index contributed by atoms with van der Waals surface area (Å²) in [7, 11) is 1.54. The molecule has 0 fully saturated rings. The zero-order valence-electron chi connectivity index (χ0n) is 17.0. The first-order chi connectivity index (χ1) is 13.9. The van der Waals surface area contributed by atoms with E-state index < -0.39 is 6.04 Å². The van der Waals surface area contributed by atoms with Crippen LogP contribution in [0.4, 0.5) is 5.69 Å². The minimum absolute atomic E-state index is 0.100. The van der Waals surface area contributed by atoms with Gasteiger partial charge in [-0.2, -0.15) is 0 Å². The van der Waals surface area contributed by atoms with Crippen LogP contribution in [0.25, 0.3) is 6.08 Å². The Labute approximate surface area is 171 Å². The summed E-state index contributed by atoms with van der Waals surface area (Å²) in [5.74, 6) is -1.00. The van der Waals surface area contributed by atoms with E-state index in [1.165, 1.54) is 18.0 Å². The van der Waals surface area contributed by atoms with Gasteiger partial charge in [0.2, 0.25) is 17.7 Å². The molecule has 0 aliphatic heterocycles. The number of nitrogens with zero attached hydrogens (tertiary/aromatic N) is 1. The molecule has 0 bridgehead atoms. The van der Waals surface area contributed by atoms with E-state index in [1.807, 2.05) is 61.5 Å². The van der Waals surface area contributed by atoms with Crippen molar-refractivity contribution in [1.29, 1.82) is 0 Å². The van der Waals surface area contributed by atoms with E-state index in [2.05, 4.69) is 10.6 Å². The normalized spacial score (nSPS) is 11.7. The highest BCUT2D eigenvalue weighted by Crippen LogP contribution is 2.15. The van der Waals surface area contributed by atoms with Crippen LogP contribution < -0.4 is 10.6 Å². The van der Waals surface area contributed by atoms with Crippen LogP contribution in [0.1, 0.15) is 25.0 Å². The van der Waals surface area contributed by atoms with Gasteiger partial charge >= 0.3 is 0 Å². The van der Waals surface area contributed by atoms with E-state index in [9.17, 15) is 14.4 Å². The molecule has 29 heavy (non-hydrogen) atoms. The van der Waals surface area contributed by atoms with E-state index in [0.717, 1.165) is 23.2 Å². The van der Waals surface area contributed by atoms with Crippen molar-refractivity contribution < 1.29 is 14.4 Å². The highest BCUT2D eigenvalue weighted by Gasteiger charge is 2.20. The number of hydrogen-bond donors (Lipinski definition) is 2. The van der Waals surface area contributed by atoms with Crippen LogP contribution in [-0.2, 0) is 20.8 Å². The maximum absolute atomic E-state index is 12.5. The van der Waals surface area contributed by atoms with Crippen molar-refractivity contribution in [2.75, 3.05) is 18.9 Å². The van der Waals surface area contributed by atoms with E-state index in [0.29, 0.717) is 0 Å². The third-order valence-corrected chi connectivity index (χ3v) is 4.39. The van der Waals surface area contributed by atoms with E-state index >= 15 is 0 Å². The molecule has 3 amide bonds.